The molecule has 0 bridgehead atoms. The molecule has 9 atom stereocenters. The third-order valence-corrected chi connectivity index (χ3v) is 32.0. The van der Waals surface area contributed by atoms with Crippen molar-refractivity contribution < 1.29 is 95.7 Å². The summed E-state index contributed by atoms with van der Waals surface area (Å²) in [5.74, 6) is 23.1. The van der Waals surface area contributed by atoms with Crippen molar-refractivity contribution in [2.45, 2.75) is 310 Å². The number of aliphatic hydroxyl groups excluding tert-OH is 1. The highest BCUT2D eigenvalue weighted by atomic mass is 35.7. The van der Waals surface area contributed by atoms with Crippen LogP contribution in [0.25, 0.3) is 0 Å². The average molecular weight is 2100 g/mol. The van der Waals surface area contributed by atoms with E-state index in [2.05, 4.69) is 151 Å². The van der Waals surface area contributed by atoms with Gasteiger partial charge in [-0.2, -0.15) is 16.8 Å². The highest BCUT2D eigenvalue weighted by Crippen LogP contribution is 2.65. The molecule has 30 nitrogen and oxygen atoms in total. The Morgan fingerprint density at radius 2 is 0.817 bits per heavy atom. The zero-order chi connectivity index (χ0) is 97.4. The number of methoxy groups -OCH3 is 3. The monoisotopic (exact) mass is 2100 g/mol. The Morgan fingerprint density at radius 3 is 1.11 bits per heavy atom. The first-order chi connectivity index (χ1) is 65.1. The topological polar surface area (TPSA) is 386 Å². The number of hydrogen-bond donors (Lipinski definition) is 5. The Balaban J connectivity index is 0.000000239. The maximum Gasteiger partial charge on any atom is 0.264 e. The van der Waals surface area contributed by atoms with Gasteiger partial charge in [-0.3, -0.25) is 32.5 Å². The second-order valence-corrected chi connectivity index (χ2v) is 46.4. The van der Waals surface area contributed by atoms with Crippen molar-refractivity contribution in [2.24, 2.45) is 55.5 Å². The molecule has 6 saturated carbocycles. The van der Waals surface area contributed by atoms with E-state index in [4.69, 9.17) is 75.7 Å². The molecule has 7 saturated heterocycles. The Hall–Kier alpha value is -6.29. The summed E-state index contributed by atoms with van der Waals surface area (Å²) in [6.45, 7) is 16.4. The number of nitrogens with two attached hydrogens (primary N) is 2. The molecular formula is C106H166ClN9O21S5. The summed E-state index contributed by atoms with van der Waals surface area (Å²) in [6.07, 6.45) is 31.5. The first-order valence-corrected chi connectivity index (χ1v) is 56.5. The molecule has 3 aromatic rings. The van der Waals surface area contributed by atoms with Gasteiger partial charge in [0.25, 0.3) is 38.0 Å². The molecular weight excluding hydrogens is 1930 g/mol. The van der Waals surface area contributed by atoms with Crippen molar-refractivity contribution in [3.8, 4) is 35.5 Å². The van der Waals surface area contributed by atoms with Crippen LogP contribution in [0.5, 0.6) is 0 Å². The maximum atomic E-state index is 14.8. The van der Waals surface area contributed by atoms with E-state index in [1.54, 1.807) is 30.9 Å². The number of thiocarbonyl (C=S) groups is 1. The number of benzene rings is 3. The van der Waals surface area contributed by atoms with E-state index in [-0.39, 0.29) is 153 Å². The number of nitrogens with zero attached hydrogens (tertiary/aromatic N) is 5. The van der Waals surface area contributed by atoms with Crippen molar-refractivity contribution >= 4 is 97.9 Å². The maximum absolute atomic E-state index is 14.8. The molecule has 142 heavy (non-hydrogen) atoms. The number of nitrogens with one attached hydrogen (secondary N) is 2. The van der Waals surface area contributed by atoms with Gasteiger partial charge in [0.05, 0.1) is 107 Å². The molecule has 9 heterocycles. The number of carbonyl (C=O) groups excluding carboxylic acids is 3. The van der Waals surface area contributed by atoms with E-state index in [1.807, 2.05) is 12.0 Å². The van der Waals surface area contributed by atoms with Crippen LogP contribution in [0.1, 0.15) is 270 Å². The van der Waals surface area contributed by atoms with Crippen LogP contribution < -0.4 is 22.1 Å². The van der Waals surface area contributed by atoms with Crippen LogP contribution >= 0.6 is 34.7 Å². The summed E-state index contributed by atoms with van der Waals surface area (Å²) in [4.78, 5) is 58.8. The minimum absolute atomic E-state index is 0. The molecule has 3 amide bonds. The Morgan fingerprint density at radius 1 is 0.493 bits per heavy atom. The molecule has 3 aromatic carbocycles. The Labute approximate surface area is 864 Å². The molecule has 9 aliphatic heterocycles. The van der Waals surface area contributed by atoms with Crippen LogP contribution in [0.4, 0.5) is 0 Å². The number of fused-ring (bicyclic) bond motifs is 9. The number of aliphatic hydroxyl groups is 1. The number of thioether (sulfide) groups is 1. The lowest BCUT2D eigenvalue weighted by Gasteiger charge is -2.46. The van der Waals surface area contributed by atoms with Crippen LogP contribution in [-0.4, -0.2) is 279 Å². The minimum atomic E-state index is -3.28. The molecule has 36 heteroatoms. The fourth-order valence-electron chi connectivity index (χ4n) is 20.6. The van der Waals surface area contributed by atoms with Crippen LogP contribution in [0.15, 0.2) is 64.6 Å². The lowest BCUT2D eigenvalue weighted by atomic mass is 9.61. The summed E-state index contributed by atoms with van der Waals surface area (Å²) < 4.78 is 118. The van der Waals surface area contributed by atoms with Crippen molar-refractivity contribution in [3.05, 3.63) is 105 Å². The number of rotatable bonds is 19. The predicted octanol–water partition coefficient (Wildman–Crippen LogP) is 14.0. The third-order valence-electron chi connectivity index (χ3n) is 29.5. The van der Waals surface area contributed by atoms with Gasteiger partial charge in [-0.25, -0.2) is 18.4 Å². The first kappa shape index (κ1) is 123. The summed E-state index contributed by atoms with van der Waals surface area (Å²) >= 11 is 7.06. The Kier molecular flexibility index (Phi) is 46.8. The van der Waals surface area contributed by atoms with Gasteiger partial charge in [0.15, 0.2) is 32.9 Å². The summed E-state index contributed by atoms with van der Waals surface area (Å²) in [7, 11) is 1.63. The molecule has 9 unspecified atom stereocenters. The Bertz CT molecular complexity index is 5220. The van der Waals surface area contributed by atoms with Crippen molar-refractivity contribution in [2.75, 3.05) is 145 Å². The number of amidine groups is 1. The van der Waals surface area contributed by atoms with E-state index < -0.39 is 45.9 Å². The van der Waals surface area contributed by atoms with E-state index in [1.165, 1.54) is 81.9 Å². The van der Waals surface area contributed by atoms with Gasteiger partial charge in [-0.15, -0.1) is 0 Å². The molecule has 7 N–H and O–H groups in total. The van der Waals surface area contributed by atoms with E-state index in [0.717, 1.165) is 238 Å². The lowest BCUT2D eigenvalue weighted by molar-refractivity contribution is -0.142. The number of halogens is 1. The summed E-state index contributed by atoms with van der Waals surface area (Å²) in [5.41, 5.74) is 17.6. The van der Waals surface area contributed by atoms with Gasteiger partial charge in [0, 0.05) is 128 Å². The smallest absolute Gasteiger partial charge is 0.264 e. The zero-order valence-corrected chi connectivity index (χ0v) is 85.6. The largest absolute Gasteiger partial charge is 0.394 e. The van der Waals surface area contributed by atoms with Crippen LogP contribution in [0, 0.1) is 69.5 Å². The van der Waals surface area contributed by atoms with Gasteiger partial charge in [0.2, 0.25) is 9.05 Å². The molecule has 9 aliphatic carbocycles. The first-order valence-electron chi connectivity index (χ1n) is 48.7. The van der Waals surface area contributed by atoms with Gasteiger partial charge in [-0.1, -0.05) is 131 Å². The normalized spacial score (nSPS) is 29.9. The summed E-state index contributed by atoms with van der Waals surface area (Å²) in [5, 5.41) is 15.9. The van der Waals surface area contributed by atoms with Gasteiger partial charge < -0.3 is 74.7 Å². The van der Waals surface area contributed by atoms with Crippen molar-refractivity contribution in [1.29, 1.82) is 0 Å². The molecule has 18 aliphatic rings. The van der Waals surface area contributed by atoms with E-state index >= 15 is 0 Å². The highest BCUT2D eigenvalue weighted by Gasteiger charge is 2.70. The molecule has 13 fully saturated rings. The molecule has 6 spiro atoms. The zero-order valence-electron chi connectivity index (χ0n) is 80.7. The standard InChI is InChI=1S/C30H36N2O4S.C26H31N3O3.C22H24N2O2S.C6H15N.2C5H10O4S.C4H8O2.CH3ClO2S.CH5N.6CH4/c1-34-23-8-12-29(13-9-23)17-22-7-6-21(5-4-20-2-3-20)16-26(22)30(29)27(33)32(18-24-10-14-35-24)28(31-30)37-19-25-11-15-36-25;1-31-20-8-11-25(12-9-20)15-19-7-6-18(5-4-17-2-3-17)14-22(19)26(25)23(30)29(24(27)28-26)16-21-10-13-32-21;1-26-17-8-10-21(11-9-17)13-16-7-6-15(5-4-14-2-3-14)12-18(16)22(21)19(25)23-20(27)24-22;1-4-7(5-2)6-3;2*1-10(6,7)9-4-5-2-3-8-5;5-3-4-1-2-6-4;1-5(2,3)4;1-2;;;;;;/h6-7,16,20,23-25H,2-3,8-15,17-19H2,1H3;6-7,14,17,20-21H,2-3,8-13,15-16H2,1H3,(H2,27,28);6-7,12,14,17H,2-3,8-11,13H2,1H3,(H2,23,24,25,27);4-6H2,1-3H3;2*5H,2-4H2,1H3;4-5H,1-3H2;1H3;2H2,1H3;6*1H4. The van der Waals surface area contributed by atoms with Crippen LogP contribution in [0.3, 0.4) is 0 Å². The lowest BCUT2D eigenvalue weighted by Crippen LogP contribution is -2.56. The average Bonchev–Trinajstić information content (AvgIpc) is 1.53. The molecule has 0 radical (unpaired) electrons. The number of aliphatic imine (C=N–C) groups is 2. The molecule has 798 valence electrons. The second kappa shape index (κ2) is 54.2. The van der Waals surface area contributed by atoms with Crippen molar-refractivity contribution in [3.63, 3.8) is 0 Å². The van der Waals surface area contributed by atoms with Gasteiger partial charge in [-0.05, 0) is 282 Å². The third kappa shape index (κ3) is 29.9. The van der Waals surface area contributed by atoms with Crippen LogP contribution in [-0.2, 0) is 131 Å². The van der Waals surface area contributed by atoms with Crippen LogP contribution in [0.2, 0.25) is 0 Å². The van der Waals surface area contributed by atoms with Gasteiger partial charge >= 0.3 is 0 Å². The van der Waals surface area contributed by atoms with E-state index in [0.29, 0.717) is 41.9 Å². The number of amides is 3. The number of ether oxygens (including phenoxy) is 9. The number of guanidine groups is 1. The van der Waals surface area contributed by atoms with Gasteiger partial charge in [0.1, 0.15) is 0 Å². The molecule has 21 rings (SSSR count). The minimum Gasteiger partial charge on any atom is -0.394 e. The van der Waals surface area contributed by atoms with E-state index in [9.17, 15) is 39.6 Å². The second-order valence-electron chi connectivity index (χ2n) is 38.7. The molecule has 0 aromatic heterocycles. The van der Waals surface area contributed by atoms with Crippen molar-refractivity contribution in [1.82, 2.24) is 25.3 Å². The summed E-state index contributed by atoms with van der Waals surface area (Å²) in [6, 6.07) is 19.4. The number of hydrogen-bond acceptors (Lipinski definition) is 28. The fraction of sp³-hybridized carbons (Fsp3) is 0.717. The predicted molar refractivity (Wildman–Crippen MR) is 568 cm³/mol. The SMILES string of the molecule is C.C.C.C.C.C.CCN(CC)CC.CN.COC1CCC2(CC1)Cc1ccc(C#CC3CC3)cc1C21N=C(N)N(CC2CCO2)C1=O.COC1CCC2(CC1)Cc1ccc(C#CC3CC3)cc1C21N=C(SCC2CCO2)N(CC2CCO2)C1=O.COC1CCC2(CC1)Cc1ccc(C#CC3CC3)cc1C21NC(=S)NC1=O.CS(=O)(=O)Cl.CS(=O)(=O)OCC1CCO1.CS(=O)(=O)OCC1CCO1.OCC1CCO1. The highest BCUT2D eigenvalue weighted by molar-refractivity contribution is 8.14. The number of carbonyl (C=O) groups is 3. The quantitative estimate of drug-likeness (QED) is 0.0322. The fourth-order valence-corrected chi connectivity index (χ4v) is 22.7.